The van der Waals surface area contributed by atoms with Gasteiger partial charge in [-0.25, -0.2) is 0 Å². The third-order valence-electron chi connectivity index (χ3n) is 3.52. The van der Waals surface area contributed by atoms with Crippen molar-refractivity contribution in [3.8, 4) is 0 Å². The Morgan fingerprint density at radius 2 is 2.44 bits per heavy atom. The lowest BCUT2D eigenvalue weighted by Crippen LogP contribution is -2.46. The first kappa shape index (κ1) is 13.2. The molecule has 0 aromatic heterocycles. The molecule has 1 heterocycles. The summed E-state index contributed by atoms with van der Waals surface area (Å²) in [6.45, 7) is 3.27. The molecular formula is C13H21NO4. The fourth-order valence-corrected chi connectivity index (χ4v) is 2.61. The van der Waals surface area contributed by atoms with Crippen molar-refractivity contribution in [1.29, 1.82) is 0 Å². The van der Waals surface area contributed by atoms with Crippen LogP contribution < -0.4 is 5.32 Å². The molecule has 2 atom stereocenters. The summed E-state index contributed by atoms with van der Waals surface area (Å²) >= 11 is 0. The SMILES string of the molecule is CC1CCCC(O)(CNC(=O)C2=COCCO2)C1. The number of aliphatic hydroxyl groups is 1. The van der Waals surface area contributed by atoms with Crippen molar-refractivity contribution in [2.24, 2.45) is 5.92 Å². The number of carbonyl (C=O) groups is 1. The first-order valence-corrected chi connectivity index (χ1v) is 6.54. The van der Waals surface area contributed by atoms with Crippen LogP contribution in [0, 0.1) is 5.92 Å². The van der Waals surface area contributed by atoms with E-state index in [2.05, 4.69) is 12.2 Å². The number of ether oxygens (including phenoxy) is 2. The summed E-state index contributed by atoms with van der Waals surface area (Å²) in [5, 5.41) is 13.1. The van der Waals surface area contributed by atoms with Gasteiger partial charge in [-0.2, -0.15) is 0 Å². The Morgan fingerprint density at radius 1 is 1.61 bits per heavy atom. The number of hydrogen-bond donors (Lipinski definition) is 2. The van der Waals surface area contributed by atoms with Gasteiger partial charge >= 0.3 is 0 Å². The predicted molar refractivity (Wildman–Crippen MR) is 65.6 cm³/mol. The van der Waals surface area contributed by atoms with E-state index in [1.165, 1.54) is 6.26 Å². The number of amides is 1. The second kappa shape index (κ2) is 5.61. The molecule has 2 rings (SSSR count). The number of hydrogen-bond acceptors (Lipinski definition) is 4. The maximum absolute atomic E-state index is 11.8. The van der Waals surface area contributed by atoms with Gasteiger partial charge in [0.15, 0.2) is 0 Å². The molecule has 2 aliphatic rings. The molecule has 18 heavy (non-hydrogen) atoms. The molecule has 0 radical (unpaired) electrons. The van der Waals surface area contributed by atoms with E-state index < -0.39 is 5.60 Å². The average Bonchev–Trinajstić information content (AvgIpc) is 2.37. The second-order valence-electron chi connectivity index (χ2n) is 5.31. The van der Waals surface area contributed by atoms with Crippen LogP contribution in [0.5, 0.6) is 0 Å². The van der Waals surface area contributed by atoms with Crippen molar-refractivity contribution < 1.29 is 19.4 Å². The lowest BCUT2D eigenvalue weighted by molar-refractivity contribution is -0.124. The van der Waals surface area contributed by atoms with E-state index in [1.807, 2.05) is 0 Å². The maximum atomic E-state index is 11.8. The van der Waals surface area contributed by atoms with Gasteiger partial charge in [-0.05, 0) is 18.8 Å². The van der Waals surface area contributed by atoms with Gasteiger partial charge in [0.2, 0.25) is 5.76 Å². The minimum atomic E-state index is -0.774. The van der Waals surface area contributed by atoms with Gasteiger partial charge in [0, 0.05) is 6.54 Å². The molecule has 1 amide bonds. The monoisotopic (exact) mass is 255 g/mol. The zero-order valence-electron chi connectivity index (χ0n) is 10.8. The molecule has 0 bridgehead atoms. The summed E-state index contributed by atoms with van der Waals surface area (Å²) in [4.78, 5) is 11.8. The molecule has 0 aromatic carbocycles. The molecular weight excluding hydrogens is 234 g/mol. The zero-order chi connectivity index (χ0) is 13.0. The van der Waals surface area contributed by atoms with E-state index in [-0.39, 0.29) is 18.2 Å². The molecule has 1 fully saturated rings. The molecule has 0 aromatic rings. The highest BCUT2D eigenvalue weighted by atomic mass is 16.6. The fourth-order valence-electron chi connectivity index (χ4n) is 2.61. The van der Waals surface area contributed by atoms with E-state index in [1.54, 1.807) is 0 Å². The Labute approximate surface area is 107 Å². The van der Waals surface area contributed by atoms with Crippen LogP contribution in [0.25, 0.3) is 0 Å². The van der Waals surface area contributed by atoms with E-state index in [9.17, 15) is 9.90 Å². The minimum Gasteiger partial charge on any atom is -0.494 e. The van der Waals surface area contributed by atoms with Crippen LogP contribution in [0.1, 0.15) is 32.6 Å². The van der Waals surface area contributed by atoms with Crippen LogP contribution in [0.2, 0.25) is 0 Å². The highest BCUT2D eigenvalue weighted by Crippen LogP contribution is 2.31. The topological polar surface area (TPSA) is 67.8 Å². The Balaban J connectivity index is 1.83. The molecule has 1 aliphatic carbocycles. The summed E-state index contributed by atoms with van der Waals surface area (Å²) in [7, 11) is 0. The number of nitrogens with one attached hydrogen (secondary N) is 1. The summed E-state index contributed by atoms with van der Waals surface area (Å²) < 4.78 is 10.2. The summed E-state index contributed by atoms with van der Waals surface area (Å²) in [6.07, 6.45) is 4.97. The third-order valence-corrected chi connectivity index (χ3v) is 3.52. The quantitative estimate of drug-likeness (QED) is 0.787. The summed E-state index contributed by atoms with van der Waals surface area (Å²) in [6, 6.07) is 0. The molecule has 5 heteroatoms. The molecule has 1 aliphatic heterocycles. The normalized spacial score (nSPS) is 31.9. The average molecular weight is 255 g/mol. The lowest BCUT2D eigenvalue weighted by atomic mass is 9.79. The largest absolute Gasteiger partial charge is 0.494 e. The second-order valence-corrected chi connectivity index (χ2v) is 5.31. The Hall–Kier alpha value is -1.23. The van der Waals surface area contributed by atoms with Crippen molar-refractivity contribution in [3.63, 3.8) is 0 Å². The standard InChI is InChI=1S/C13H21NO4/c1-10-3-2-4-13(16,7-10)9-14-12(15)11-8-17-5-6-18-11/h8,10,16H,2-7,9H2,1H3,(H,14,15). The Kier molecular flexibility index (Phi) is 4.11. The van der Waals surface area contributed by atoms with Crippen LogP contribution in [0.15, 0.2) is 12.0 Å². The first-order chi connectivity index (χ1) is 8.59. The van der Waals surface area contributed by atoms with Gasteiger partial charge in [-0.15, -0.1) is 0 Å². The Morgan fingerprint density at radius 3 is 3.11 bits per heavy atom. The van der Waals surface area contributed by atoms with Gasteiger partial charge < -0.3 is 19.9 Å². The molecule has 5 nitrogen and oxygen atoms in total. The van der Waals surface area contributed by atoms with Crippen molar-refractivity contribution in [3.05, 3.63) is 12.0 Å². The lowest BCUT2D eigenvalue weighted by Gasteiger charge is -2.35. The van der Waals surface area contributed by atoms with Crippen molar-refractivity contribution in [2.75, 3.05) is 19.8 Å². The first-order valence-electron chi connectivity index (χ1n) is 6.54. The third kappa shape index (κ3) is 3.38. The molecule has 1 saturated carbocycles. The van der Waals surface area contributed by atoms with Crippen molar-refractivity contribution in [2.45, 2.75) is 38.2 Å². The van der Waals surface area contributed by atoms with Gasteiger partial charge in [-0.3, -0.25) is 4.79 Å². The van der Waals surface area contributed by atoms with E-state index in [0.717, 1.165) is 25.7 Å². The minimum absolute atomic E-state index is 0.189. The summed E-state index contributed by atoms with van der Waals surface area (Å²) in [5.41, 5.74) is -0.774. The van der Waals surface area contributed by atoms with Crippen LogP contribution >= 0.6 is 0 Å². The van der Waals surface area contributed by atoms with Gasteiger partial charge in [-0.1, -0.05) is 19.8 Å². The fraction of sp³-hybridized carbons (Fsp3) is 0.769. The molecule has 102 valence electrons. The van der Waals surface area contributed by atoms with Gasteiger partial charge in [0.25, 0.3) is 5.91 Å². The molecule has 0 saturated heterocycles. The van der Waals surface area contributed by atoms with Crippen LogP contribution in [-0.2, 0) is 14.3 Å². The summed E-state index contributed by atoms with van der Waals surface area (Å²) in [5.74, 6) is 0.379. The predicted octanol–water partition coefficient (Wildman–Crippen LogP) is 0.932. The number of rotatable bonds is 3. The van der Waals surface area contributed by atoms with E-state index >= 15 is 0 Å². The molecule has 2 N–H and O–H groups in total. The molecule has 0 spiro atoms. The highest BCUT2D eigenvalue weighted by Gasteiger charge is 2.33. The number of carbonyl (C=O) groups excluding carboxylic acids is 1. The highest BCUT2D eigenvalue weighted by molar-refractivity contribution is 5.91. The van der Waals surface area contributed by atoms with Gasteiger partial charge in [0.1, 0.15) is 19.5 Å². The van der Waals surface area contributed by atoms with E-state index in [4.69, 9.17) is 9.47 Å². The maximum Gasteiger partial charge on any atom is 0.289 e. The van der Waals surface area contributed by atoms with Crippen LogP contribution in [0.3, 0.4) is 0 Å². The van der Waals surface area contributed by atoms with Crippen LogP contribution in [-0.4, -0.2) is 36.4 Å². The molecule has 2 unspecified atom stereocenters. The van der Waals surface area contributed by atoms with Crippen LogP contribution in [0.4, 0.5) is 0 Å². The van der Waals surface area contributed by atoms with Gasteiger partial charge in [0.05, 0.1) is 5.60 Å². The zero-order valence-corrected chi connectivity index (χ0v) is 10.8. The van der Waals surface area contributed by atoms with Crippen molar-refractivity contribution >= 4 is 5.91 Å². The smallest absolute Gasteiger partial charge is 0.289 e. The van der Waals surface area contributed by atoms with Crippen molar-refractivity contribution in [1.82, 2.24) is 5.32 Å². The Bertz CT molecular complexity index is 342. The van der Waals surface area contributed by atoms with E-state index in [0.29, 0.717) is 19.1 Å².